The number of fused-ring (bicyclic) bond motifs is 1. The van der Waals surface area contributed by atoms with Crippen LogP contribution in [0.5, 0.6) is 0 Å². The molecule has 2 aromatic rings. The van der Waals surface area contributed by atoms with E-state index in [2.05, 4.69) is 19.9 Å². The van der Waals surface area contributed by atoms with Crippen molar-refractivity contribution in [1.82, 2.24) is 9.78 Å². The molecule has 0 bridgehead atoms. The monoisotopic (exact) mass is 411 g/mol. The van der Waals surface area contributed by atoms with E-state index < -0.39 is 0 Å². The fourth-order valence-electron chi connectivity index (χ4n) is 4.74. The van der Waals surface area contributed by atoms with Crippen molar-refractivity contribution < 1.29 is 9.59 Å². The van der Waals surface area contributed by atoms with Crippen molar-refractivity contribution in [3.63, 3.8) is 0 Å². The number of hydrogen-bond acceptors (Lipinski definition) is 4. The molecule has 0 spiro atoms. The molecule has 4 rings (SSSR count). The molecule has 2 heterocycles. The first-order valence-electron chi connectivity index (χ1n) is 10.4. The van der Waals surface area contributed by atoms with Crippen molar-refractivity contribution >= 4 is 23.5 Å². The number of benzene rings is 1. The summed E-state index contributed by atoms with van der Waals surface area (Å²) in [6, 6.07) is 5.78. The summed E-state index contributed by atoms with van der Waals surface area (Å²) in [7, 11) is 0. The molecule has 1 amide bonds. The summed E-state index contributed by atoms with van der Waals surface area (Å²) < 4.78 is 1.91. The maximum atomic E-state index is 12.7. The summed E-state index contributed by atoms with van der Waals surface area (Å²) in [5.74, 6) is 2.73. The van der Waals surface area contributed by atoms with Crippen LogP contribution in [0.1, 0.15) is 70.8 Å². The summed E-state index contributed by atoms with van der Waals surface area (Å²) in [6.45, 7) is 6.16. The third-order valence-corrected chi connectivity index (χ3v) is 7.22. The van der Waals surface area contributed by atoms with Crippen LogP contribution in [0.4, 0.5) is 0 Å². The van der Waals surface area contributed by atoms with Crippen LogP contribution in [0.3, 0.4) is 0 Å². The SMILES string of the molecule is Cc1nn(-c2ccc(C(N)=O)c(CC3CCSCC3)c2)c2c1C(=O)CC(C)(C)C2. The third-order valence-electron chi connectivity index (χ3n) is 6.17. The maximum absolute atomic E-state index is 12.7. The van der Waals surface area contributed by atoms with Gasteiger partial charge in [0.15, 0.2) is 5.78 Å². The number of Topliss-reactive ketones (excluding diaryl/α,β-unsaturated/α-hetero) is 1. The summed E-state index contributed by atoms with van der Waals surface area (Å²) in [6.07, 6.45) is 4.57. The van der Waals surface area contributed by atoms with E-state index in [4.69, 9.17) is 10.8 Å². The highest BCUT2D eigenvalue weighted by Gasteiger charge is 2.35. The lowest BCUT2D eigenvalue weighted by molar-refractivity contribution is 0.0909. The second-order valence-electron chi connectivity index (χ2n) is 9.23. The molecule has 6 heteroatoms. The van der Waals surface area contributed by atoms with Gasteiger partial charge in [0.25, 0.3) is 0 Å². The minimum absolute atomic E-state index is 0.0793. The van der Waals surface area contributed by atoms with Crippen LogP contribution >= 0.6 is 11.8 Å². The second kappa shape index (κ2) is 7.63. The Bertz CT molecular complexity index is 971. The van der Waals surface area contributed by atoms with Gasteiger partial charge in [-0.05, 0) is 79.2 Å². The average Bonchev–Trinajstić information content (AvgIpc) is 2.97. The Morgan fingerprint density at radius 1 is 1.28 bits per heavy atom. The van der Waals surface area contributed by atoms with E-state index >= 15 is 0 Å². The van der Waals surface area contributed by atoms with Gasteiger partial charge in [0.1, 0.15) is 0 Å². The van der Waals surface area contributed by atoms with Crippen LogP contribution in [-0.4, -0.2) is 33.0 Å². The molecule has 0 atom stereocenters. The van der Waals surface area contributed by atoms with Crippen molar-refractivity contribution in [2.45, 2.75) is 52.9 Å². The largest absolute Gasteiger partial charge is 0.366 e. The van der Waals surface area contributed by atoms with Crippen molar-refractivity contribution in [2.75, 3.05) is 11.5 Å². The van der Waals surface area contributed by atoms with Gasteiger partial charge < -0.3 is 5.73 Å². The maximum Gasteiger partial charge on any atom is 0.248 e. The molecule has 0 saturated carbocycles. The molecular weight excluding hydrogens is 382 g/mol. The van der Waals surface area contributed by atoms with Gasteiger partial charge in [0, 0.05) is 12.0 Å². The molecule has 1 aliphatic carbocycles. The number of thioether (sulfide) groups is 1. The lowest BCUT2D eigenvalue weighted by atomic mass is 9.75. The molecule has 1 aromatic carbocycles. The lowest BCUT2D eigenvalue weighted by Gasteiger charge is -2.29. The third kappa shape index (κ3) is 4.00. The first kappa shape index (κ1) is 20.2. The van der Waals surface area contributed by atoms with Gasteiger partial charge >= 0.3 is 0 Å². The van der Waals surface area contributed by atoms with Crippen LogP contribution in [0.15, 0.2) is 18.2 Å². The van der Waals surface area contributed by atoms with Crippen LogP contribution in [0.2, 0.25) is 0 Å². The minimum atomic E-state index is -0.383. The first-order chi connectivity index (χ1) is 13.7. The molecule has 2 N–H and O–H groups in total. The highest BCUT2D eigenvalue weighted by atomic mass is 32.2. The first-order valence-corrected chi connectivity index (χ1v) is 11.5. The van der Waals surface area contributed by atoms with E-state index in [9.17, 15) is 9.59 Å². The van der Waals surface area contributed by atoms with E-state index in [-0.39, 0.29) is 17.1 Å². The van der Waals surface area contributed by atoms with Gasteiger partial charge in [-0.15, -0.1) is 0 Å². The molecule has 1 fully saturated rings. The lowest BCUT2D eigenvalue weighted by Crippen LogP contribution is -2.28. The van der Waals surface area contributed by atoms with Crippen molar-refractivity contribution in [3.8, 4) is 5.69 Å². The summed E-state index contributed by atoms with van der Waals surface area (Å²) in [5, 5.41) is 4.72. The van der Waals surface area contributed by atoms with Gasteiger partial charge in [-0.25, -0.2) is 4.68 Å². The number of aromatic nitrogens is 2. The molecule has 154 valence electrons. The van der Waals surface area contributed by atoms with Gasteiger partial charge in [0.2, 0.25) is 5.91 Å². The number of amides is 1. The Labute approximate surface area is 176 Å². The second-order valence-corrected chi connectivity index (χ2v) is 10.5. The van der Waals surface area contributed by atoms with Crippen LogP contribution in [0.25, 0.3) is 5.69 Å². The Morgan fingerprint density at radius 2 is 2.00 bits per heavy atom. The highest BCUT2D eigenvalue weighted by Crippen LogP contribution is 2.37. The predicted molar refractivity (Wildman–Crippen MR) is 117 cm³/mol. The number of ketones is 1. The molecule has 0 unspecified atom stereocenters. The number of hydrogen-bond donors (Lipinski definition) is 1. The van der Waals surface area contributed by atoms with Crippen LogP contribution in [0, 0.1) is 18.3 Å². The molecule has 5 nitrogen and oxygen atoms in total. The van der Waals surface area contributed by atoms with Gasteiger partial charge in [-0.1, -0.05) is 13.8 Å². The average molecular weight is 412 g/mol. The van der Waals surface area contributed by atoms with Gasteiger partial charge in [-0.3, -0.25) is 9.59 Å². The molecule has 29 heavy (non-hydrogen) atoms. The quantitative estimate of drug-likeness (QED) is 0.821. The molecule has 1 saturated heterocycles. The number of carbonyl (C=O) groups excluding carboxylic acids is 2. The standard InChI is InChI=1S/C23H29N3O2S/c1-14-21-19(12-23(2,3)13-20(21)27)26(25-14)17-4-5-18(22(24)28)16(11-17)10-15-6-8-29-9-7-15/h4-5,11,15H,6-10,12-13H2,1-3H3,(H2,24,28). The topological polar surface area (TPSA) is 78.0 Å². The fraction of sp³-hybridized carbons (Fsp3) is 0.522. The Hall–Kier alpha value is -2.08. The normalized spacial score (nSPS) is 19.2. The number of primary amides is 1. The van der Waals surface area contributed by atoms with E-state index in [1.165, 1.54) is 24.3 Å². The van der Waals surface area contributed by atoms with E-state index in [0.717, 1.165) is 41.0 Å². The number of aryl methyl sites for hydroxylation is 1. The molecular formula is C23H29N3O2S. The van der Waals surface area contributed by atoms with Crippen molar-refractivity contribution in [3.05, 3.63) is 46.3 Å². The highest BCUT2D eigenvalue weighted by molar-refractivity contribution is 7.99. The number of rotatable bonds is 4. The van der Waals surface area contributed by atoms with Crippen molar-refractivity contribution in [1.29, 1.82) is 0 Å². The zero-order valence-corrected chi connectivity index (χ0v) is 18.3. The van der Waals surface area contributed by atoms with Crippen molar-refractivity contribution in [2.24, 2.45) is 17.1 Å². The summed E-state index contributed by atoms with van der Waals surface area (Å²) >= 11 is 2.00. The van der Waals surface area contributed by atoms with E-state index in [1.807, 2.05) is 35.5 Å². The Kier molecular flexibility index (Phi) is 5.32. The van der Waals surface area contributed by atoms with E-state index in [1.54, 1.807) is 0 Å². The minimum Gasteiger partial charge on any atom is -0.366 e. The molecule has 2 aliphatic rings. The van der Waals surface area contributed by atoms with Gasteiger partial charge in [-0.2, -0.15) is 16.9 Å². The van der Waals surface area contributed by atoms with Crippen LogP contribution < -0.4 is 5.73 Å². The zero-order chi connectivity index (χ0) is 20.8. The fourth-order valence-corrected chi connectivity index (χ4v) is 5.94. The predicted octanol–water partition coefficient (Wildman–Crippen LogP) is 4.12. The summed E-state index contributed by atoms with van der Waals surface area (Å²) in [5.41, 5.74) is 10.6. The molecule has 0 radical (unpaired) electrons. The Morgan fingerprint density at radius 3 is 2.69 bits per heavy atom. The number of nitrogens with zero attached hydrogens (tertiary/aromatic N) is 2. The van der Waals surface area contributed by atoms with E-state index in [0.29, 0.717) is 17.9 Å². The summed E-state index contributed by atoms with van der Waals surface area (Å²) in [4.78, 5) is 24.8. The number of nitrogens with two attached hydrogens (primary N) is 1. The molecule has 1 aromatic heterocycles. The number of carbonyl (C=O) groups is 2. The zero-order valence-electron chi connectivity index (χ0n) is 17.5. The molecule has 1 aliphatic heterocycles. The smallest absolute Gasteiger partial charge is 0.248 e. The Balaban J connectivity index is 1.76. The van der Waals surface area contributed by atoms with Crippen LogP contribution in [-0.2, 0) is 12.8 Å². The van der Waals surface area contributed by atoms with Gasteiger partial charge in [0.05, 0.1) is 22.6 Å².